The van der Waals surface area contributed by atoms with Crippen molar-refractivity contribution in [1.82, 2.24) is 10.2 Å². The smallest absolute Gasteiger partial charge is 0.313 e. The number of hydrogen-bond acceptors (Lipinski definition) is 3. The minimum absolute atomic E-state index is 0.432. The first kappa shape index (κ1) is 13.8. The maximum Gasteiger partial charge on any atom is 0.313 e. The molecule has 2 N–H and O–H groups in total. The highest BCUT2D eigenvalue weighted by Crippen LogP contribution is 2.22. The predicted octanol–water partition coefficient (Wildman–Crippen LogP) is 1.02. The Hall–Kier alpha value is -1.59. The number of nitrogens with zero attached hydrogens (tertiary/aromatic N) is 1. The second-order valence-electron chi connectivity index (χ2n) is 4.48. The summed E-state index contributed by atoms with van der Waals surface area (Å²) in [5.74, 6) is -1.16. The van der Waals surface area contributed by atoms with Gasteiger partial charge in [0.05, 0.1) is 10.7 Å². The highest BCUT2D eigenvalue weighted by atomic mass is 35.5. The lowest BCUT2D eigenvalue weighted by Crippen LogP contribution is -2.49. The zero-order chi connectivity index (χ0) is 13.8. The molecule has 19 heavy (non-hydrogen) atoms. The molecule has 5 nitrogen and oxygen atoms in total. The zero-order valence-corrected chi connectivity index (χ0v) is 11.5. The molecule has 0 bridgehead atoms. The molecule has 0 spiro atoms. The van der Waals surface area contributed by atoms with Gasteiger partial charge in [0.1, 0.15) is 0 Å². The molecular formula is C13H16ClN3O2. The van der Waals surface area contributed by atoms with Gasteiger partial charge in [-0.3, -0.25) is 9.59 Å². The molecule has 1 aromatic rings. The number of rotatable bonds is 1. The summed E-state index contributed by atoms with van der Waals surface area (Å²) < 4.78 is 0. The third-order valence-electron chi connectivity index (χ3n) is 2.97. The number of halogens is 1. The minimum Gasteiger partial charge on any atom is -0.332 e. The van der Waals surface area contributed by atoms with Crippen molar-refractivity contribution in [3.05, 3.63) is 28.8 Å². The van der Waals surface area contributed by atoms with Crippen LogP contribution in [0.5, 0.6) is 0 Å². The van der Waals surface area contributed by atoms with Crippen molar-refractivity contribution in [3.8, 4) is 0 Å². The van der Waals surface area contributed by atoms with Gasteiger partial charge >= 0.3 is 11.8 Å². The number of nitrogens with one attached hydrogen (secondary N) is 2. The number of carbonyl (C=O) groups is 2. The topological polar surface area (TPSA) is 61.4 Å². The van der Waals surface area contributed by atoms with Crippen molar-refractivity contribution < 1.29 is 9.59 Å². The van der Waals surface area contributed by atoms with Gasteiger partial charge in [-0.15, -0.1) is 0 Å². The van der Waals surface area contributed by atoms with Crippen LogP contribution in [0.2, 0.25) is 5.02 Å². The van der Waals surface area contributed by atoms with E-state index in [1.807, 2.05) is 13.0 Å². The SMILES string of the molecule is Cc1ccc(NC(=O)C(=O)N2CCNCC2)c(Cl)c1. The summed E-state index contributed by atoms with van der Waals surface area (Å²) in [7, 11) is 0. The standard InChI is InChI=1S/C13H16ClN3O2/c1-9-2-3-11(10(14)8-9)16-12(18)13(19)17-6-4-15-5-7-17/h2-3,8,15H,4-7H2,1H3,(H,16,18). The van der Waals surface area contributed by atoms with Gasteiger partial charge in [0, 0.05) is 26.2 Å². The second kappa shape index (κ2) is 6.04. The lowest BCUT2D eigenvalue weighted by Gasteiger charge is -2.26. The summed E-state index contributed by atoms with van der Waals surface area (Å²) in [5, 5.41) is 6.11. The molecule has 0 atom stereocenters. The van der Waals surface area contributed by atoms with E-state index in [4.69, 9.17) is 11.6 Å². The van der Waals surface area contributed by atoms with Crippen LogP contribution in [0.3, 0.4) is 0 Å². The van der Waals surface area contributed by atoms with Crippen molar-refractivity contribution in [3.63, 3.8) is 0 Å². The van der Waals surface area contributed by atoms with E-state index in [9.17, 15) is 9.59 Å². The number of hydrogen-bond donors (Lipinski definition) is 2. The van der Waals surface area contributed by atoms with Crippen LogP contribution >= 0.6 is 11.6 Å². The molecule has 2 amide bonds. The molecule has 0 unspecified atom stereocenters. The molecule has 0 aliphatic carbocycles. The quantitative estimate of drug-likeness (QED) is 0.756. The van der Waals surface area contributed by atoms with Crippen LogP contribution in [-0.2, 0) is 9.59 Å². The largest absolute Gasteiger partial charge is 0.332 e. The summed E-state index contributed by atoms with van der Waals surface area (Å²) in [6.07, 6.45) is 0. The lowest BCUT2D eigenvalue weighted by molar-refractivity contribution is -0.143. The fourth-order valence-electron chi connectivity index (χ4n) is 1.91. The summed E-state index contributed by atoms with van der Waals surface area (Å²) in [6.45, 7) is 4.43. The van der Waals surface area contributed by atoms with Gasteiger partial charge in [-0.2, -0.15) is 0 Å². The Balaban J connectivity index is 2.01. The van der Waals surface area contributed by atoms with E-state index in [1.165, 1.54) is 4.90 Å². The zero-order valence-electron chi connectivity index (χ0n) is 10.7. The van der Waals surface area contributed by atoms with Crippen LogP contribution < -0.4 is 10.6 Å². The van der Waals surface area contributed by atoms with E-state index in [-0.39, 0.29) is 0 Å². The van der Waals surface area contributed by atoms with Gasteiger partial charge in [0.25, 0.3) is 0 Å². The number of piperazine rings is 1. The van der Waals surface area contributed by atoms with Crippen LogP contribution in [0.15, 0.2) is 18.2 Å². The highest BCUT2D eigenvalue weighted by molar-refractivity contribution is 6.41. The molecule has 1 fully saturated rings. The minimum atomic E-state index is -0.646. The Morgan fingerprint density at radius 2 is 2.00 bits per heavy atom. The number of aryl methyl sites for hydroxylation is 1. The molecule has 0 radical (unpaired) electrons. The van der Waals surface area contributed by atoms with Crippen molar-refractivity contribution in [2.24, 2.45) is 0 Å². The van der Waals surface area contributed by atoms with Crippen molar-refractivity contribution >= 4 is 29.1 Å². The average molecular weight is 282 g/mol. The van der Waals surface area contributed by atoms with Gasteiger partial charge < -0.3 is 15.5 Å². The normalized spacial score (nSPS) is 15.2. The summed E-state index contributed by atoms with van der Waals surface area (Å²) in [5.41, 5.74) is 1.46. The summed E-state index contributed by atoms with van der Waals surface area (Å²) in [6, 6.07) is 5.27. The molecule has 1 aromatic carbocycles. The monoisotopic (exact) mass is 281 g/mol. The fourth-order valence-corrected chi connectivity index (χ4v) is 2.19. The molecule has 0 aromatic heterocycles. The molecular weight excluding hydrogens is 266 g/mol. The fraction of sp³-hybridized carbons (Fsp3) is 0.385. The molecule has 1 aliphatic rings. The average Bonchev–Trinajstić information content (AvgIpc) is 2.42. The maximum atomic E-state index is 11.9. The first-order valence-corrected chi connectivity index (χ1v) is 6.53. The highest BCUT2D eigenvalue weighted by Gasteiger charge is 2.23. The summed E-state index contributed by atoms with van der Waals surface area (Å²) in [4.78, 5) is 25.3. The summed E-state index contributed by atoms with van der Waals surface area (Å²) >= 11 is 6.01. The van der Waals surface area contributed by atoms with Crippen molar-refractivity contribution in [2.75, 3.05) is 31.5 Å². The number of anilines is 1. The molecule has 1 heterocycles. The van der Waals surface area contributed by atoms with Crippen LogP contribution in [-0.4, -0.2) is 42.9 Å². The molecule has 6 heteroatoms. The molecule has 102 valence electrons. The Morgan fingerprint density at radius 1 is 1.32 bits per heavy atom. The maximum absolute atomic E-state index is 11.9. The lowest BCUT2D eigenvalue weighted by atomic mass is 10.2. The Labute approximate surface area is 116 Å². The van der Waals surface area contributed by atoms with E-state index < -0.39 is 11.8 Å². The predicted molar refractivity (Wildman–Crippen MR) is 74.3 cm³/mol. The van der Waals surface area contributed by atoms with Crippen LogP contribution in [0.4, 0.5) is 5.69 Å². The van der Waals surface area contributed by atoms with E-state index in [0.29, 0.717) is 36.9 Å². The Bertz CT molecular complexity index is 499. The van der Waals surface area contributed by atoms with Gasteiger partial charge in [-0.25, -0.2) is 0 Å². The van der Waals surface area contributed by atoms with Gasteiger partial charge in [0.2, 0.25) is 0 Å². The van der Waals surface area contributed by atoms with E-state index in [0.717, 1.165) is 5.56 Å². The first-order valence-electron chi connectivity index (χ1n) is 6.15. The van der Waals surface area contributed by atoms with Crippen molar-refractivity contribution in [1.29, 1.82) is 0 Å². The van der Waals surface area contributed by atoms with E-state index in [2.05, 4.69) is 10.6 Å². The molecule has 1 saturated heterocycles. The first-order chi connectivity index (χ1) is 9.08. The van der Waals surface area contributed by atoms with E-state index in [1.54, 1.807) is 12.1 Å². The Kier molecular flexibility index (Phi) is 4.39. The van der Waals surface area contributed by atoms with Gasteiger partial charge in [-0.05, 0) is 24.6 Å². The van der Waals surface area contributed by atoms with E-state index >= 15 is 0 Å². The third kappa shape index (κ3) is 3.45. The van der Waals surface area contributed by atoms with Crippen LogP contribution in [0, 0.1) is 6.92 Å². The Morgan fingerprint density at radius 3 is 2.63 bits per heavy atom. The van der Waals surface area contributed by atoms with Gasteiger partial charge in [0.15, 0.2) is 0 Å². The second-order valence-corrected chi connectivity index (χ2v) is 4.89. The number of carbonyl (C=O) groups excluding carboxylic acids is 2. The van der Waals surface area contributed by atoms with Crippen LogP contribution in [0.25, 0.3) is 0 Å². The third-order valence-corrected chi connectivity index (χ3v) is 3.28. The molecule has 1 aliphatic heterocycles. The molecule has 2 rings (SSSR count). The van der Waals surface area contributed by atoms with Gasteiger partial charge in [-0.1, -0.05) is 17.7 Å². The van der Waals surface area contributed by atoms with Crippen LogP contribution in [0.1, 0.15) is 5.56 Å². The number of amides is 2. The van der Waals surface area contributed by atoms with Crippen molar-refractivity contribution in [2.45, 2.75) is 6.92 Å². The number of benzene rings is 1. The molecule has 0 saturated carbocycles.